The number of hydrogen-bond acceptors (Lipinski definition) is 6. The molecule has 0 heterocycles. The van der Waals surface area contributed by atoms with Gasteiger partial charge in [0.15, 0.2) is 0 Å². The van der Waals surface area contributed by atoms with Crippen LogP contribution in [0.3, 0.4) is 0 Å². The van der Waals surface area contributed by atoms with Crippen molar-refractivity contribution in [3.8, 4) is 11.1 Å². The number of rotatable bonds is 4. The summed E-state index contributed by atoms with van der Waals surface area (Å²) in [6.07, 6.45) is 11.5. The zero-order chi connectivity index (χ0) is 29.6. The lowest BCUT2D eigenvalue weighted by molar-refractivity contribution is -0.00673. The predicted molar refractivity (Wildman–Crippen MR) is 162 cm³/mol. The molecular formula is C33H39N3O5S2. The number of benzene rings is 2. The number of nitrogens with zero attached hydrogens (tertiary/aromatic N) is 1. The Labute approximate surface area is 253 Å². The van der Waals surface area contributed by atoms with E-state index in [1.54, 1.807) is 6.07 Å². The number of oxime groups is 1. The molecule has 9 aliphatic carbocycles. The van der Waals surface area contributed by atoms with E-state index in [1.807, 2.05) is 6.07 Å². The van der Waals surface area contributed by atoms with Crippen LogP contribution >= 0.6 is 0 Å². The van der Waals surface area contributed by atoms with Gasteiger partial charge >= 0.3 is 0 Å². The average molecular weight is 622 g/mol. The van der Waals surface area contributed by atoms with E-state index in [0.29, 0.717) is 46.6 Å². The lowest BCUT2D eigenvalue weighted by atomic mass is 9.49. The number of primary sulfonamides is 2. The van der Waals surface area contributed by atoms with E-state index in [1.165, 1.54) is 25.0 Å². The highest BCUT2D eigenvalue weighted by molar-refractivity contribution is 7.89. The maximum atomic E-state index is 14.0. The molecule has 9 aliphatic rings. The lowest BCUT2D eigenvalue weighted by Gasteiger charge is -2.56. The molecule has 0 aliphatic heterocycles. The van der Waals surface area contributed by atoms with Crippen LogP contribution in [0.5, 0.6) is 0 Å². The van der Waals surface area contributed by atoms with Crippen LogP contribution < -0.4 is 10.3 Å². The summed E-state index contributed by atoms with van der Waals surface area (Å²) in [4.78, 5) is 0.214. The zero-order valence-corrected chi connectivity index (χ0v) is 25.8. The molecular weight excluding hydrogens is 583 g/mol. The second kappa shape index (κ2) is 8.92. The van der Waals surface area contributed by atoms with Crippen LogP contribution in [0.25, 0.3) is 11.1 Å². The van der Waals surface area contributed by atoms with Crippen LogP contribution in [-0.4, -0.2) is 27.8 Å². The minimum absolute atomic E-state index is 0.00966. The first-order valence-electron chi connectivity index (χ1n) is 16.1. The van der Waals surface area contributed by atoms with E-state index in [4.69, 9.17) is 10.3 Å². The third kappa shape index (κ3) is 3.88. The van der Waals surface area contributed by atoms with Crippen LogP contribution in [0.15, 0.2) is 39.2 Å². The Morgan fingerprint density at radius 1 is 0.628 bits per heavy atom. The largest absolute Gasteiger partial charge is 0.410 e. The van der Waals surface area contributed by atoms with Gasteiger partial charge in [-0.05, 0) is 164 Å². The van der Waals surface area contributed by atoms with Crippen LogP contribution in [0, 0.1) is 47.3 Å². The first-order chi connectivity index (χ1) is 20.5. The Hall–Kier alpha value is -2.27. The van der Waals surface area contributed by atoms with Crippen molar-refractivity contribution in [2.75, 3.05) is 0 Å². The van der Waals surface area contributed by atoms with Crippen molar-refractivity contribution in [1.29, 1.82) is 0 Å². The molecule has 8 fully saturated rings. The Morgan fingerprint density at radius 3 is 1.60 bits per heavy atom. The highest BCUT2D eigenvalue weighted by atomic mass is 32.2. The minimum atomic E-state index is -4.15. The van der Waals surface area contributed by atoms with Gasteiger partial charge < -0.3 is 5.21 Å². The molecule has 8 nitrogen and oxygen atoms in total. The average Bonchev–Trinajstić information content (AvgIpc) is 3.23. The number of hydrogen-bond donors (Lipinski definition) is 3. The van der Waals surface area contributed by atoms with Crippen molar-refractivity contribution in [3.63, 3.8) is 0 Å². The fourth-order valence-electron chi connectivity index (χ4n) is 12.3. The smallest absolute Gasteiger partial charge is 0.238 e. The second-order valence-electron chi connectivity index (χ2n) is 15.3. The Morgan fingerprint density at radius 2 is 1.14 bits per heavy atom. The Kier molecular flexibility index (Phi) is 5.62. The fourth-order valence-corrected chi connectivity index (χ4v) is 13.9. The van der Waals surface area contributed by atoms with Gasteiger partial charge in [0.1, 0.15) is 5.71 Å². The first-order valence-corrected chi connectivity index (χ1v) is 19.2. The van der Waals surface area contributed by atoms with Gasteiger partial charge in [-0.2, -0.15) is 0 Å². The van der Waals surface area contributed by atoms with Gasteiger partial charge in [0.2, 0.25) is 20.0 Å². The summed E-state index contributed by atoms with van der Waals surface area (Å²) < 4.78 is 52.7. The van der Waals surface area contributed by atoms with Crippen molar-refractivity contribution in [2.24, 2.45) is 62.8 Å². The minimum Gasteiger partial charge on any atom is -0.410 e. The highest BCUT2D eigenvalue weighted by Crippen LogP contribution is 2.65. The molecule has 2 aromatic carbocycles. The van der Waals surface area contributed by atoms with E-state index in [2.05, 4.69) is 5.16 Å². The highest BCUT2D eigenvalue weighted by Gasteiger charge is 2.54. The van der Waals surface area contributed by atoms with Crippen molar-refractivity contribution < 1.29 is 22.0 Å². The molecule has 2 aromatic rings. The molecule has 11 rings (SSSR count). The molecule has 43 heavy (non-hydrogen) atoms. The second-order valence-corrected chi connectivity index (χ2v) is 18.3. The van der Waals surface area contributed by atoms with Gasteiger partial charge in [0, 0.05) is 11.1 Å². The summed E-state index contributed by atoms with van der Waals surface area (Å²) in [6.45, 7) is 0. The molecule has 0 spiro atoms. The molecule has 10 heteroatoms. The summed E-state index contributed by atoms with van der Waals surface area (Å²) in [6, 6.07) is 6.75. The molecule has 228 valence electrons. The van der Waals surface area contributed by atoms with Crippen molar-refractivity contribution >= 4 is 25.8 Å². The molecule has 0 radical (unpaired) electrons. The van der Waals surface area contributed by atoms with E-state index in [0.717, 1.165) is 85.5 Å². The summed E-state index contributed by atoms with van der Waals surface area (Å²) >= 11 is 0. The van der Waals surface area contributed by atoms with Gasteiger partial charge in [-0.25, -0.2) is 27.1 Å². The SMILES string of the molecule is NS(=O)(=O)c1ccc2c(c1)C(=NO)c1c-2cc(C2C3CC4CC(C3)CC2C4)c(S(N)(=O)=O)c1C1C2CC3CC(C2)CC1C3. The Balaban J connectivity index is 1.34. The number of fused-ring (bicyclic) bond motifs is 3. The number of nitrogens with two attached hydrogens (primary N) is 2. The molecule has 0 unspecified atom stereocenters. The van der Waals surface area contributed by atoms with Gasteiger partial charge in [-0.15, -0.1) is 0 Å². The van der Waals surface area contributed by atoms with Gasteiger partial charge in [0.25, 0.3) is 0 Å². The fraction of sp³-hybridized carbons (Fsp3) is 0.606. The molecule has 8 saturated carbocycles. The van der Waals surface area contributed by atoms with Gasteiger partial charge in [-0.3, -0.25) is 0 Å². The summed E-state index contributed by atoms with van der Waals surface area (Å²) in [5.41, 5.74) is 4.52. The van der Waals surface area contributed by atoms with Crippen molar-refractivity contribution in [3.05, 3.63) is 46.5 Å². The molecule has 0 aromatic heterocycles. The topological polar surface area (TPSA) is 153 Å². The molecule has 8 bridgehead atoms. The normalized spacial score (nSPS) is 39.4. The van der Waals surface area contributed by atoms with Gasteiger partial charge in [0.05, 0.1) is 9.79 Å². The first kappa shape index (κ1) is 27.1. The standard InChI is InChI=1S/C33H39N3O5S2/c34-42(38,39)23-1-2-24-25-14-27(28-19-5-15-3-16(7-19)8-20(28)6-15)33(43(35,40)41)31(30(25)32(36-37)26(24)13-23)29-21-9-17-4-18(11-21)12-22(29)10-17/h1-2,13-22,28-29,37H,3-12H2,(H2,34,38,39)(H2,35,40,41). The molecule has 0 atom stereocenters. The maximum absolute atomic E-state index is 14.0. The molecule has 0 amide bonds. The van der Waals surface area contributed by atoms with E-state index < -0.39 is 20.0 Å². The summed E-state index contributed by atoms with van der Waals surface area (Å²) in [5, 5.41) is 26.1. The van der Waals surface area contributed by atoms with Crippen LogP contribution in [0.2, 0.25) is 0 Å². The third-order valence-electron chi connectivity index (χ3n) is 13.0. The van der Waals surface area contributed by atoms with E-state index >= 15 is 0 Å². The maximum Gasteiger partial charge on any atom is 0.238 e. The van der Waals surface area contributed by atoms with Crippen molar-refractivity contribution in [1.82, 2.24) is 0 Å². The summed E-state index contributed by atoms with van der Waals surface area (Å²) in [7, 11) is -8.16. The van der Waals surface area contributed by atoms with Crippen LogP contribution in [-0.2, 0) is 20.0 Å². The van der Waals surface area contributed by atoms with E-state index in [9.17, 15) is 22.0 Å². The Bertz CT molecular complexity index is 1780. The lowest BCUT2D eigenvalue weighted by Crippen LogP contribution is -2.46. The predicted octanol–water partition coefficient (Wildman–Crippen LogP) is 5.27. The molecule has 0 saturated heterocycles. The van der Waals surface area contributed by atoms with Crippen molar-refractivity contribution in [2.45, 2.75) is 85.8 Å². The zero-order valence-electron chi connectivity index (χ0n) is 24.2. The summed E-state index contributed by atoms with van der Waals surface area (Å²) in [5.74, 6) is 4.60. The van der Waals surface area contributed by atoms with Crippen LogP contribution in [0.1, 0.15) is 98.3 Å². The van der Waals surface area contributed by atoms with Gasteiger partial charge in [-0.1, -0.05) is 11.2 Å². The number of sulfonamides is 2. The quantitative estimate of drug-likeness (QED) is 0.268. The molecule has 5 N–H and O–H groups in total. The van der Waals surface area contributed by atoms with Crippen LogP contribution in [0.4, 0.5) is 0 Å². The monoisotopic (exact) mass is 621 g/mol. The third-order valence-corrected chi connectivity index (χ3v) is 14.9. The van der Waals surface area contributed by atoms with E-state index in [-0.39, 0.29) is 27.3 Å².